The Morgan fingerprint density at radius 3 is 3.11 bits per heavy atom. The van der Waals surface area contributed by atoms with Crippen molar-refractivity contribution in [3.8, 4) is 0 Å². The number of morpholine rings is 1. The van der Waals surface area contributed by atoms with E-state index in [-0.39, 0.29) is 11.8 Å². The van der Waals surface area contributed by atoms with Gasteiger partial charge < -0.3 is 14.4 Å². The first kappa shape index (κ1) is 13.7. The highest BCUT2D eigenvalue weighted by molar-refractivity contribution is 5.63. The molecule has 7 heteroatoms. The van der Waals surface area contributed by atoms with Crippen molar-refractivity contribution in [2.45, 2.75) is 6.10 Å². The van der Waals surface area contributed by atoms with Gasteiger partial charge in [0.2, 0.25) is 0 Å². The van der Waals surface area contributed by atoms with Gasteiger partial charge in [-0.2, -0.15) is 0 Å². The Hall–Kier alpha value is -1.73. The van der Waals surface area contributed by atoms with Gasteiger partial charge in [0.25, 0.3) is 5.69 Å². The summed E-state index contributed by atoms with van der Waals surface area (Å²) in [6, 6.07) is 3.60. The van der Waals surface area contributed by atoms with Crippen molar-refractivity contribution < 1.29 is 18.8 Å². The van der Waals surface area contributed by atoms with Crippen LogP contribution in [-0.4, -0.2) is 44.4 Å². The molecule has 0 aromatic heterocycles. The third-order valence-corrected chi connectivity index (χ3v) is 2.97. The first-order chi connectivity index (χ1) is 9.11. The largest absolute Gasteiger partial charge is 0.382 e. The molecule has 0 saturated carbocycles. The monoisotopic (exact) mass is 270 g/mol. The summed E-state index contributed by atoms with van der Waals surface area (Å²) in [4.78, 5) is 12.2. The van der Waals surface area contributed by atoms with Gasteiger partial charge in [0.05, 0.1) is 30.3 Å². The molecule has 1 heterocycles. The topological polar surface area (TPSA) is 64.8 Å². The van der Waals surface area contributed by atoms with Crippen LogP contribution >= 0.6 is 0 Å². The van der Waals surface area contributed by atoms with E-state index in [4.69, 9.17) is 9.47 Å². The Morgan fingerprint density at radius 2 is 2.42 bits per heavy atom. The van der Waals surface area contributed by atoms with Crippen LogP contribution in [0.15, 0.2) is 18.2 Å². The molecule has 1 aromatic rings. The van der Waals surface area contributed by atoms with Crippen LogP contribution in [0.2, 0.25) is 0 Å². The number of rotatable bonds is 4. The Balaban J connectivity index is 2.23. The number of nitrogens with zero attached hydrogens (tertiary/aromatic N) is 2. The molecule has 104 valence electrons. The summed E-state index contributed by atoms with van der Waals surface area (Å²) in [5.74, 6) is -0.614. The lowest BCUT2D eigenvalue weighted by Gasteiger charge is -2.33. The number of nitro groups is 1. The SMILES string of the molecule is COC[C@@H]1CN(c2ccc(F)cc2[N+](=O)[O-])CCO1. The molecule has 19 heavy (non-hydrogen) atoms. The molecule has 1 aliphatic rings. The van der Waals surface area contributed by atoms with Crippen LogP contribution in [0.25, 0.3) is 0 Å². The van der Waals surface area contributed by atoms with Gasteiger partial charge in [-0.15, -0.1) is 0 Å². The van der Waals surface area contributed by atoms with E-state index < -0.39 is 10.7 Å². The van der Waals surface area contributed by atoms with Gasteiger partial charge in [-0.1, -0.05) is 0 Å². The van der Waals surface area contributed by atoms with E-state index in [1.165, 1.54) is 12.1 Å². The second-order valence-corrected chi connectivity index (χ2v) is 4.28. The van der Waals surface area contributed by atoms with Crippen molar-refractivity contribution in [1.29, 1.82) is 0 Å². The third-order valence-electron chi connectivity index (χ3n) is 2.97. The molecule has 0 aliphatic carbocycles. The Kier molecular flexibility index (Phi) is 4.28. The number of anilines is 1. The summed E-state index contributed by atoms with van der Waals surface area (Å²) >= 11 is 0. The van der Waals surface area contributed by atoms with Crippen molar-refractivity contribution in [1.82, 2.24) is 0 Å². The highest BCUT2D eigenvalue weighted by Crippen LogP contribution is 2.30. The number of methoxy groups -OCH3 is 1. The minimum absolute atomic E-state index is 0.136. The number of benzene rings is 1. The van der Waals surface area contributed by atoms with Crippen LogP contribution < -0.4 is 4.90 Å². The van der Waals surface area contributed by atoms with Gasteiger partial charge in [0, 0.05) is 20.2 Å². The van der Waals surface area contributed by atoms with Gasteiger partial charge in [0.1, 0.15) is 11.5 Å². The molecular weight excluding hydrogens is 255 g/mol. The quantitative estimate of drug-likeness (QED) is 0.614. The fourth-order valence-corrected chi connectivity index (χ4v) is 2.14. The molecule has 0 spiro atoms. The Morgan fingerprint density at radius 1 is 1.63 bits per heavy atom. The highest BCUT2D eigenvalue weighted by atomic mass is 19.1. The molecule has 0 radical (unpaired) electrons. The molecule has 1 aromatic carbocycles. The van der Waals surface area contributed by atoms with Crippen LogP contribution in [0.3, 0.4) is 0 Å². The molecule has 0 unspecified atom stereocenters. The molecule has 1 atom stereocenters. The normalized spacial score (nSPS) is 19.5. The summed E-state index contributed by atoms with van der Waals surface area (Å²) in [6.07, 6.45) is -0.136. The molecule has 0 amide bonds. The fourth-order valence-electron chi connectivity index (χ4n) is 2.14. The first-order valence-electron chi connectivity index (χ1n) is 5.91. The average Bonchev–Trinajstić information content (AvgIpc) is 2.39. The van der Waals surface area contributed by atoms with E-state index in [0.29, 0.717) is 32.0 Å². The zero-order valence-corrected chi connectivity index (χ0v) is 10.5. The van der Waals surface area contributed by atoms with Crippen LogP contribution in [0.1, 0.15) is 0 Å². The van der Waals surface area contributed by atoms with Crippen molar-refractivity contribution in [2.24, 2.45) is 0 Å². The molecule has 1 aliphatic heterocycles. The van der Waals surface area contributed by atoms with Gasteiger partial charge in [-0.05, 0) is 12.1 Å². The van der Waals surface area contributed by atoms with Crippen molar-refractivity contribution in [2.75, 3.05) is 38.3 Å². The maximum absolute atomic E-state index is 13.1. The average molecular weight is 270 g/mol. The van der Waals surface area contributed by atoms with E-state index in [2.05, 4.69) is 0 Å². The van der Waals surface area contributed by atoms with Crippen LogP contribution in [0.5, 0.6) is 0 Å². The van der Waals surface area contributed by atoms with E-state index >= 15 is 0 Å². The summed E-state index contributed by atoms with van der Waals surface area (Å²) in [6.45, 7) is 1.90. The zero-order valence-electron chi connectivity index (χ0n) is 10.5. The summed E-state index contributed by atoms with van der Waals surface area (Å²) in [5.41, 5.74) is 0.189. The smallest absolute Gasteiger partial charge is 0.295 e. The molecule has 1 fully saturated rings. The van der Waals surface area contributed by atoms with E-state index in [0.717, 1.165) is 6.07 Å². The molecule has 0 bridgehead atoms. The second kappa shape index (κ2) is 5.94. The summed E-state index contributed by atoms with van der Waals surface area (Å²) in [5, 5.41) is 11.0. The molecule has 1 saturated heterocycles. The predicted octanol–water partition coefficient (Wildman–Crippen LogP) is 1.59. The van der Waals surface area contributed by atoms with Gasteiger partial charge >= 0.3 is 0 Å². The first-order valence-corrected chi connectivity index (χ1v) is 5.91. The minimum Gasteiger partial charge on any atom is -0.382 e. The highest BCUT2D eigenvalue weighted by Gasteiger charge is 2.26. The summed E-state index contributed by atoms with van der Waals surface area (Å²) in [7, 11) is 1.57. The van der Waals surface area contributed by atoms with Gasteiger partial charge in [-0.25, -0.2) is 4.39 Å². The lowest BCUT2D eigenvalue weighted by molar-refractivity contribution is -0.384. The number of nitro benzene ring substituents is 1. The zero-order chi connectivity index (χ0) is 13.8. The van der Waals surface area contributed by atoms with Crippen molar-refractivity contribution in [3.63, 3.8) is 0 Å². The lowest BCUT2D eigenvalue weighted by Crippen LogP contribution is -2.44. The number of hydrogen-bond acceptors (Lipinski definition) is 5. The molecule has 2 rings (SSSR count). The molecule has 0 N–H and O–H groups in total. The Bertz CT molecular complexity index is 467. The summed E-state index contributed by atoms with van der Waals surface area (Å²) < 4.78 is 23.6. The maximum atomic E-state index is 13.1. The van der Waals surface area contributed by atoms with Crippen molar-refractivity contribution in [3.05, 3.63) is 34.1 Å². The molecule has 6 nitrogen and oxygen atoms in total. The van der Waals surface area contributed by atoms with Crippen molar-refractivity contribution >= 4 is 11.4 Å². The van der Waals surface area contributed by atoms with Gasteiger partial charge in [-0.3, -0.25) is 10.1 Å². The minimum atomic E-state index is -0.614. The third kappa shape index (κ3) is 3.18. The maximum Gasteiger partial charge on any atom is 0.295 e. The number of hydrogen-bond donors (Lipinski definition) is 0. The fraction of sp³-hybridized carbons (Fsp3) is 0.500. The number of ether oxygens (including phenoxy) is 2. The second-order valence-electron chi connectivity index (χ2n) is 4.28. The van der Waals surface area contributed by atoms with Crippen LogP contribution in [0.4, 0.5) is 15.8 Å². The number of halogens is 1. The predicted molar refractivity (Wildman–Crippen MR) is 66.9 cm³/mol. The standard InChI is InChI=1S/C12H15FN2O4/c1-18-8-10-7-14(4-5-19-10)11-3-2-9(13)6-12(11)15(16)17/h2-3,6,10H,4-5,7-8H2,1H3/t10-/m0/s1. The van der Waals surface area contributed by atoms with Crippen LogP contribution in [0, 0.1) is 15.9 Å². The molecular formula is C12H15FN2O4. The van der Waals surface area contributed by atoms with E-state index in [9.17, 15) is 14.5 Å². The van der Waals surface area contributed by atoms with E-state index in [1.54, 1.807) is 7.11 Å². The lowest BCUT2D eigenvalue weighted by atomic mass is 10.2. The Labute approximate surface area is 109 Å². The van der Waals surface area contributed by atoms with E-state index in [1.807, 2.05) is 4.90 Å². The van der Waals surface area contributed by atoms with Gasteiger partial charge in [0.15, 0.2) is 0 Å². The van der Waals surface area contributed by atoms with Crippen LogP contribution in [-0.2, 0) is 9.47 Å².